The van der Waals surface area contributed by atoms with Crippen LogP contribution in [0.25, 0.3) is 11.1 Å². The van der Waals surface area contributed by atoms with E-state index >= 15 is 0 Å². The number of halogens is 1. The molecule has 0 spiro atoms. The Bertz CT molecular complexity index is 936. The molecule has 2 aliphatic rings. The lowest BCUT2D eigenvalue weighted by molar-refractivity contribution is -0.170. The van der Waals surface area contributed by atoms with Crippen molar-refractivity contribution in [2.24, 2.45) is 0 Å². The smallest absolute Gasteiger partial charge is 0.181 e. The zero-order valence-electron chi connectivity index (χ0n) is 16.7. The maximum Gasteiger partial charge on any atom is 0.181 e. The number of hydrogen-bond donors (Lipinski definition) is 0. The second kappa shape index (κ2) is 8.02. The lowest BCUT2D eigenvalue weighted by atomic mass is 9.78. The maximum absolute atomic E-state index is 13.4. The first kappa shape index (κ1) is 20.3. The summed E-state index contributed by atoms with van der Waals surface area (Å²) in [6.07, 6.45) is 1.35. The summed E-state index contributed by atoms with van der Waals surface area (Å²) < 4.78 is 11.5. The monoisotopic (exact) mass is 412 g/mol. The highest BCUT2D eigenvalue weighted by atomic mass is 35.5. The average molecular weight is 413 g/mol. The van der Waals surface area contributed by atoms with Gasteiger partial charge in [-0.15, -0.1) is 0 Å². The van der Waals surface area contributed by atoms with Gasteiger partial charge in [0.05, 0.1) is 6.61 Å². The summed E-state index contributed by atoms with van der Waals surface area (Å²) in [6, 6.07) is 13.6. The summed E-state index contributed by atoms with van der Waals surface area (Å²) in [7, 11) is 0. The van der Waals surface area contributed by atoms with Gasteiger partial charge in [-0.1, -0.05) is 48.9 Å². The molecule has 0 N–H and O–H groups in total. The molecule has 2 heterocycles. The lowest BCUT2D eigenvalue weighted by Crippen LogP contribution is -2.53. The number of ketones is 2. The molecule has 0 aliphatic carbocycles. The minimum absolute atomic E-state index is 0.117. The first-order valence-corrected chi connectivity index (χ1v) is 10.6. The molecule has 2 aliphatic heterocycles. The van der Waals surface area contributed by atoms with Gasteiger partial charge < -0.3 is 9.47 Å². The Hall–Kier alpha value is -2.01. The quantitative estimate of drug-likeness (QED) is 0.642. The summed E-state index contributed by atoms with van der Waals surface area (Å²) in [5.74, 6) is -1.04. The molecule has 152 valence electrons. The van der Waals surface area contributed by atoms with E-state index in [4.69, 9.17) is 21.1 Å². The Morgan fingerprint density at radius 2 is 1.83 bits per heavy atom. The van der Waals surface area contributed by atoms with E-state index < -0.39 is 17.6 Å². The van der Waals surface area contributed by atoms with E-state index in [1.165, 1.54) is 0 Å². The Morgan fingerprint density at radius 3 is 2.52 bits per heavy atom. The third kappa shape index (κ3) is 3.54. The van der Waals surface area contributed by atoms with Crippen molar-refractivity contribution in [1.29, 1.82) is 0 Å². The fourth-order valence-corrected chi connectivity index (χ4v) is 4.59. The van der Waals surface area contributed by atoms with Crippen LogP contribution in [0.3, 0.4) is 0 Å². The fourth-order valence-electron chi connectivity index (χ4n) is 4.47. The van der Waals surface area contributed by atoms with Gasteiger partial charge in [0.15, 0.2) is 17.2 Å². The van der Waals surface area contributed by atoms with Crippen molar-refractivity contribution < 1.29 is 19.1 Å². The predicted molar refractivity (Wildman–Crippen MR) is 112 cm³/mol. The first-order valence-electron chi connectivity index (χ1n) is 10.2. The minimum atomic E-state index is -0.987. The van der Waals surface area contributed by atoms with E-state index in [9.17, 15) is 9.59 Å². The van der Waals surface area contributed by atoms with Gasteiger partial charge in [0.1, 0.15) is 12.0 Å². The molecule has 2 bridgehead atoms. The van der Waals surface area contributed by atoms with Crippen LogP contribution in [0.4, 0.5) is 0 Å². The number of hydrogen-bond acceptors (Lipinski definition) is 4. The number of carbonyl (C=O) groups is 2. The Balaban J connectivity index is 1.72. The Morgan fingerprint density at radius 1 is 1.10 bits per heavy atom. The van der Waals surface area contributed by atoms with E-state index in [-0.39, 0.29) is 18.2 Å². The van der Waals surface area contributed by atoms with Gasteiger partial charge in [0, 0.05) is 11.6 Å². The third-order valence-corrected chi connectivity index (χ3v) is 6.30. The molecule has 4 rings (SSSR count). The molecule has 1 unspecified atom stereocenters. The van der Waals surface area contributed by atoms with Crippen LogP contribution in [0.5, 0.6) is 0 Å². The highest BCUT2D eigenvalue weighted by molar-refractivity contribution is 6.30. The molecule has 5 heteroatoms. The van der Waals surface area contributed by atoms with Gasteiger partial charge in [0.2, 0.25) is 0 Å². The zero-order chi connectivity index (χ0) is 20.6. The van der Waals surface area contributed by atoms with Crippen LogP contribution < -0.4 is 0 Å². The Labute approximate surface area is 176 Å². The van der Waals surface area contributed by atoms with Gasteiger partial charge in [0.25, 0.3) is 0 Å². The van der Waals surface area contributed by atoms with E-state index in [1.54, 1.807) is 0 Å². The predicted octanol–water partition coefficient (Wildman–Crippen LogP) is 4.76. The number of fused-ring (bicyclic) bond motifs is 2. The van der Waals surface area contributed by atoms with Gasteiger partial charge in [-0.2, -0.15) is 0 Å². The van der Waals surface area contributed by atoms with E-state index in [0.29, 0.717) is 24.5 Å². The number of aryl methyl sites for hydroxylation is 1. The van der Waals surface area contributed by atoms with Crippen LogP contribution in [-0.2, 0) is 25.5 Å². The molecule has 2 saturated heterocycles. The third-order valence-electron chi connectivity index (χ3n) is 6.04. The normalized spacial score (nSPS) is 26.2. The molecule has 3 atom stereocenters. The highest BCUT2D eigenvalue weighted by Gasteiger charge is 2.58. The summed E-state index contributed by atoms with van der Waals surface area (Å²) in [5.41, 5.74) is 2.92. The van der Waals surface area contributed by atoms with Crippen LogP contribution in [0, 0.1) is 0 Å². The fraction of sp³-hybridized carbons (Fsp3) is 0.417. The summed E-state index contributed by atoms with van der Waals surface area (Å²) in [5, 5.41) is 0.689. The van der Waals surface area contributed by atoms with Gasteiger partial charge in [-0.3, -0.25) is 9.59 Å². The van der Waals surface area contributed by atoms with Gasteiger partial charge in [-0.25, -0.2) is 0 Å². The molecule has 0 saturated carbocycles. The summed E-state index contributed by atoms with van der Waals surface area (Å²) >= 11 is 6.00. The molecular weight excluding hydrogens is 388 g/mol. The largest absolute Gasteiger partial charge is 0.378 e. The molecule has 0 amide bonds. The van der Waals surface area contributed by atoms with Crippen molar-refractivity contribution >= 4 is 23.2 Å². The van der Waals surface area contributed by atoms with Gasteiger partial charge in [-0.05, 0) is 60.6 Å². The van der Waals surface area contributed by atoms with Crippen molar-refractivity contribution in [2.45, 2.75) is 50.7 Å². The van der Waals surface area contributed by atoms with E-state index in [0.717, 1.165) is 28.7 Å². The second-order valence-corrected chi connectivity index (χ2v) is 8.19. The van der Waals surface area contributed by atoms with Crippen molar-refractivity contribution in [3.8, 4) is 11.1 Å². The molecule has 0 aromatic heterocycles. The number of Topliss-reactive ketones (excluding diaryl/α,β-unsaturated/α-hetero) is 2. The van der Waals surface area contributed by atoms with Crippen LogP contribution >= 0.6 is 11.6 Å². The van der Waals surface area contributed by atoms with Crippen molar-refractivity contribution in [2.75, 3.05) is 13.2 Å². The number of ether oxygens (including phenoxy) is 2. The van der Waals surface area contributed by atoms with Crippen LogP contribution in [0.2, 0.25) is 5.02 Å². The lowest BCUT2D eigenvalue weighted by Gasteiger charge is -2.36. The second-order valence-electron chi connectivity index (χ2n) is 7.75. The van der Waals surface area contributed by atoms with Crippen molar-refractivity contribution in [3.05, 3.63) is 58.6 Å². The molecule has 4 nitrogen and oxygen atoms in total. The number of rotatable bonds is 6. The molecule has 2 aromatic rings. The molecule has 29 heavy (non-hydrogen) atoms. The minimum Gasteiger partial charge on any atom is -0.378 e. The SMILES string of the molecule is CCOC[C@]12CC[C@H](O1)C(=O)C(c1ccc(-c3ccc(Cl)cc3)cc1CC)C2=O. The standard InChI is InChI=1S/C24H25ClO4/c1-3-15-13-17(16-5-8-18(25)9-6-16)7-10-19(15)21-22(26)20-11-12-24(29-20,23(21)27)14-28-4-2/h5-10,13,20-21H,3-4,11-12,14H2,1-2H3/t20-,21?,24-/m0/s1. The van der Waals surface area contributed by atoms with Crippen molar-refractivity contribution in [3.63, 3.8) is 0 Å². The van der Waals surface area contributed by atoms with Crippen LogP contribution in [-0.4, -0.2) is 36.5 Å². The summed E-state index contributed by atoms with van der Waals surface area (Å²) in [6.45, 7) is 4.66. The maximum atomic E-state index is 13.4. The average Bonchev–Trinajstić information content (AvgIpc) is 3.15. The topological polar surface area (TPSA) is 52.6 Å². The molecule has 2 fully saturated rings. The zero-order valence-corrected chi connectivity index (χ0v) is 17.5. The van der Waals surface area contributed by atoms with E-state index in [1.807, 2.05) is 50.2 Å². The Kier molecular flexibility index (Phi) is 5.60. The summed E-state index contributed by atoms with van der Waals surface area (Å²) in [4.78, 5) is 26.5. The number of benzene rings is 2. The van der Waals surface area contributed by atoms with Crippen LogP contribution in [0.1, 0.15) is 43.7 Å². The number of carbonyl (C=O) groups excluding carboxylic acids is 2. The van der Waals surface area contributed by atoms with Crippen molar-refractivity contribution in [1.82, 2.24) is 0 Å². The molecule has 0 radical (unpaired) electrons. The van der Waals surface area contributed by atoms with Crippen LogP contribution in [0.15, 0.2) is 42.5 Å². The molecule has 2 aromatic carbocycles. The van der Waals surface area contributed by atoms with Gasteiger partial charge >= 0.3 is 0 Å². The van der Waals surface area contributed by atoms with E-state index in [2.05, 4.69) is 6.07 Å². The highest BCUT2D eigenvalue weighted by Crippen LogP contribution is 2.44. The first-order chi connectivity index (χ1) is 14.0. The molecular formula is C24H25ClO4.